The quantitative estimate of drug-likeness (QED) is 0.751. The maximum absolute atomic E-state index is 5.63. The second-order valence-electron chi connectivity index (χ2n) is 2.10. The van der Waals surface area contributed by atoms with Crippen molar-refractivity contribution in [3.05, 3.63) is 19.6 Å². The van der Waals surface area contributed by atoms with Gasteiger partial charge < -0.3 is 0 Å². The lowest BCUT2D eigenvalue weighted by atomic mass is 10.5. The zero-order chi connectivity index (χ0) is 9.42. The molecule has 0 fully saturated rings. The van der Waals surface area contributed by atoms with Crippen molar-refractivity contribution in [2.45, 2.75) is 0 Å². The van der Waals surface area contributed by atoms with Gasteiger partial charge >= 0.3 is 0 Å². The number of rotatable bonds is 1. The molecular weight excluding hydrogens is 359 g/mol. The zero-order valence-electron chi connectivity index (χ0n) is 5.92. The Kier molecular flexibility index (Phi) is 3.04. The van der Waals surface area contributed by atoms with E-state index < -0.39 is 0 Å². The molecule has 13 heavy (non-hydrogen) atoms. The highest BCUT2D eigenvalue weighted by atomic mass is 79.9. The Labute approximate surface area is 104 Å². The molecule has 0 radical (unpaired) electrons. The molecule has 0 bridgehead atoms. The Morgan fingerprint density at radius 2 is 2.15 bits per heavy atom. The molecule has 0 saturated carbocycles. The molecule has 0 N–H and O–H groups in total. The third kappa shape index (κ3) is 2.12. The minimum absolute atomic E-state index is 0.306. The fourth-order valence-corrected chi connectivity index (χ4v) is 3.63. The lowest BCUT2D eigenvalue weighted by Gasteiger charge is -1.82. The first-order valence-corrected chi connectivity index (χ1v) is 6.66. The Balaban J connectivity index is 2.46. The fourth-order valence-electron chi connectivity index (χ4n) is 0.758. The van der Waals surface area contributed by atoms with Crippen molar-refractivity contribution in [2.24, 2.45) is 0 Å². The fraction of sp³-hybridized carbons (Fsp3) is 0. The van der Waals surface area contributed by atoms with Crippen molar-refractivity contribution >= 4 is 66.3 Å². The van der Waals surface area contributed by atoms with E-state index in [2.05, 4.69) is 41.2 Å². The van der Waals surface area contributed by atoms with Crippen LogP contribution in [0.3, 0.4) is 0 Å². The summed E-state index contributed by atoms with van der Waals surface area (Å²) in [5, 5.41) is 1.15. The van der Waals surface area contributed by atoms with Gasteiger partial charge in [-0.25, -0.2) is 4.98 Å². The summed E-state index contributed by atoms with van der Waals surface area (Å²) in [6, 6.07) is 1.99. The van der Waals surface area contributed by atoms with Gasteiger partial charge in [0.2, 0.25) is 5.28 Å². The van der Waals surface area contributed by atoms with Gasteiger partial charge in [0.25, 0.3) is 0 Å². The van der Waals surface area contributed by atoms with E-state index in [4.69, 9.17) is 11.6 Å². The van der Waals surface area contributed by atoms with E-state index in [1.807, 2.05) is 6.07 Å². The Bertz CT molecular complexity index is 420. The first kappa shape index (κ1) is 10.0. The lowest BCUT2D eigenvalue weighted by Crippen LogP contribution is -1.66. The Morgan fingerprint density at radius 1 is 1.38 bits per heavy atom. The van der Waals surface area contributed by atoms with E-state index in [9.17, 15) is 0 Å². The Morgan fingerprint density at radius 3 is 2.62 bits per heavy atom. The van der Waals surface area contributed by atoms with E-state index in [1.165, 1.54) is 11.5 Å². The molecule has 0 unspecified atom stereocenters. The van der Waals surface area contributed by atoms with Crippen LogP contribution in [0.15, 0.2) is 14.3 Å². The highest BCUT2D eigenvalue weighted by Gasteiger charge is 2.10. The van der Waals surface area contributed by atoms with Crippen molar-refractivity contribution in [1.82, 2.24) is 9.36 Å². The zero-order valence-corrected chi connectivity index (χ0v) is 11.5. The summed E-state index contributed by atoms with van der Waals surface area (Å²) in [5.41, 5.74) is 0. The molecule has 7 heteroatoms. The normalized spacial score (nSPS) is 10.7. The highest BCUT2D eigenvalue weighted by Crippen LogP contribution is 2.38. The van der Waals surface area contributed by atoms with Crippen LogP contribution in [0.2, 0.25) is 5.28 Å². The summed E-state index contributed by atoms with van der Waals surface area (Å²) in [4.78, 5) is 5.14. The van der Waals surface area contributed by atoms with Gasteiger partial charge in [-0.15, -0.1) is 11.3 Å². The predicted octanol–water partition coefficient (Wildman–Crippen LogP) is 4.45. The summed E-state index contributed by atoms with van der Waals surface area (Å²) >= 11 is 15.3. The van der Waals surface area contributed by atoms with Gasteiger partial charge in [0.15, 0.2) is 5.01 Å². The van der Waals surface area contributed by atoms with Gasteiger partial charge in [0.1, 0.15) is 0 Å². The number of thiophene rings is 1. The predicted molar refractivity (Wildman–Crippen MR) is 63.6 cm³/mol. The topological polar surface area (TPSA) is 25.8 Å². The van der Waals surface area contributed by atoms with E-state index in [1.54, 1.807) is 11.3 Å². The van der Waals surface area contributed by atoms with Crippen molar-refractivity contribution < 1.29 is 0 Å². The van der Waals surface area contributed by atoms with Gasteiger partial charge in [-0.1, -0.05) is 0 Å². The smallest absolute Gasteiger partial charge is 0.204 e. The van der Waals surface area contributed by atoms with Crippen LogP contribution in [0, 0.1) is 0 Å². The second kappa shape index (κ2) is 3.94. The van der Waals surface area contributed by atoms with Gasteiger partial charge in [0, 0.05) is 4.47 Å². The first-order valence-electron chi connectivity index (χ1n) is 3.11. The molecule has 2 nitrogen and oxygen atoms in total. The minimum atomic E-state index is 0.306. The molecule has 0 aliphatic rings. The third-order valence-corrected chi connectivity index (χ3v) is 5.67. The van der Waals surface area contributed by atoms with Crippen LogP contribution in [-0.2, 0) is 0 Å². The van der Waals surface area contributed by atoms with E-state index in [0.29, 0.717) is 5.28 Å². The summed E-state index contributed by atoms with van der Waals surface area (Å²) in [6.07, 6.45) is 0. The van der Waals surface area contributed by atoms with Crippen molar-refractivity contribution in [1.29, 1.82) is 0 Å². The summed E-state index contributed by atoms with van der Waals surface area (Å²) in [7, 11) is 0. The highest BCUT2D eigenvalue weighted by molar-refractivity contribution is 9.13. The average molecular weight is 360 g/mol. The maximum Gasteiger partial charge on any atom is 0.234 e. The number of hydrogen-bond donors (Lipinski definition) is 0. The lowest BCUT2D eigenvalue weighted by molar-refractivity contribution is 1.34. The molecule has 2 aromatic heterocycles. The average Bonchev–Trinajstić information content (AvgIpc) is 2.61. The summed E-state index contributed by atoms with van der Waals surface area (Å²) < 4.78 is 5.98. The summed E-state index contributed by atoms with van der Waals surface area (Å²) in [6.45, 7) is 0. The molecule has 0 spiro atoms. The molecule has 0 aliphatic carbocycles. The molecule has 2 rings (SSSR count). The van der Waals surface area contributed by atoms with Crippen LogP contribution in [0.25, 0.3) is 9.88 Å². The van der Waals surface area contributed by atoms with Crippen molar-refractivity contribution in [3.63, 3.8) is 0 Å². The van der Waals surface area contributed by atoms with Crippen LogP contribution >= 0.6 is 66.3 Å². The van der Waals surface area contributed by atoms with Gasteiger partial charge in [-0.2, -0.15) is 4.37 Å². The molecule has 0 amide bonds. The standard InChI is InChI=1S/C6HBr2ClN2S2/c7-2-1-3(12-4(2)8)5-10-6(9)11-13-5/h1H. The van der Waals surface area contributed by atoms with Crippen LogP contribution < -0.4 is 0 Å². The molecule has 0 saturated heterocycles. The largest absolute Gasteiger partial charge is 0.234 e. The van der Waals surface area contributed by atoms with Crippen LogP contribution in [0.1, 0.15) is 0 Å². The van der Waals surface area contributed by atoms with Gasteiger partial charge in [0.05, 0.1) is 8.66 Å². The maximum atomic E-state index is 5.63. The van der Waals surface area contributed by atoms with E-state index in [-0.39, 0.29) is 0 Å². The number of aromatic nitrogens is 2. The van der Waals surface area contributed by atoms with Crippen molar-refractivity contribution in [2.75, 3.05) is 0 Å². The van der Waals surface area contributed by atoms with Gasteiger partial charge in [-0.05, 0) is 61.1 Å². The molecule has 68 valence electrons. The van der Waals surface area contributed by atoms with Crippen LogP contribution in [0.4, 0.5) is 0 Å². The Hall–Kier alpha value is 0.510. The summed E-state index contributed by atoms with van der Waals surface area (Å²) in [5.74, 6) is 0. The van der Waals surface area contributed by atoms with Crippen molar-refractivity contribution in [3.8, 4) is 9.88 Å². The molecular formula is C6HBr2ClN2S2. The number of halogens is 3. The number of hydrogen-bond acceptors (Lipinski definition) is 4. The first-order chi connectivity index (χ1) is 6.16. The number of nitrogens with zero attached hydrogens (tertiary/aromatic N) is 2. The van der Waals surface area contributed by atoms with E-state index >= 15 is 0 Å². The van der Waals surface area contributed by atoms with Crippen LogP contribution in [0.5, 0.6) is 0 Å². The SMILES string of the molecule is Clc1nsc(-c2cc(Br)c(Br)s2)n1. The van der Waals surface area contributed by atoms with Crippen LogP contribution in [-0.4, -0.2) is 9.36 Å². The molecule has 0 atom stereocenters. The minimum Gasteiger partial charge on any atom is -0.204 e. The van der Waals surface area contributed by atoms with E-state index in [0.717, 1.165) is 18.1 Å². The molecule has 2 heterocycles. The molecule has 0 aliphatic heterocycles. The van der Waals surface area contributed by atoms with Gasteiger partial charge in [-0.3, -0.25) is 0 Å². The second-order valence-corrected chi connectivity index (χ2v) is 6.42. The third-order valence-electron chi connectivity index (χ3n) is 1.26. The molecule has 0 aromatic carbocycles. The monoisotopic (exact) mass is 358 g/mol. The molecule has 2 aromatic rings.